The van der Waals surface area contributed by atoms with E-state index in [0.29, 0.717) is 19.6 Å². The number of fused-ring (bicyclic) bond motifs is 3. The number of epoxide rings is 2. The monoisotopic (exact) mass is 615 g/mol. The van der Waals surface area contributed by atoms with Crippen LogP contribution in [0.25, 0.3) is 0 Å². The summed E-state index contributed by atoms with van der Waals surface area (Å²) < 4.78 is 24.0. The van der Waals surface area contributed by atoms with Crippen LogP contribution >= 0.6 is 0 Å². The molecule has 44 heavy (non-hydrogen) atoms. The second-order valence-corrected chi connectivity index (χ2v) is 14.9. The number of methoxy groups -OCH3 is 1. The maximum absolute atomic E-state index is 14.0. The van der Waals surface area contributed by atoms with E-state index in [1.54, 1.807) is 7.11 Å². The molecule has 3 N–H and O–H groups in total. The normalized spacial score (nSPS) is 42.0. The zero-order valence-electron chi connectivity index (χ0n) is 27.1. The molecule has 7 rings (SSSR count). The summed E-state index contributed by atoms with van der Waals surface area (Å²) in [6, 6.07) is -0.281. The topological polar surface area (TPSA) is 131 Å². The van der Waals surface area contributed by atoms with E-state index in [-0.39, 0.29) is 59.2 Å². The summed E-state index contributed by atoms with van der Waals surface area (Å²) in [5.41, 5.74) is -0.0806. The van der Waals surface area contributed by atoms with Crippen LogP contribution in [0.1, 0.15) is 97.8 Å². The molecule has 3 saturated heterocycles. The quantitative estimate of drug-likeness (QED) is 0.132. The number of amides is 2. The summed E-state index contributed by atoms with van der Waals surface area (Å²) in [6.07, 6.45) is 11.6. The summed E-state index contributed by atoms with van der Waals surface area (Å²) in [5.74, 6) is 0.0659. The van der Waals surface area contributed by atoms with Crippen molar-refractivity contribution < 1.29 is 33.3 Å². The molecule has 1 spiro atoms. The second-order valence-electron chi connectivity index (χ2n) is 14.9. The highest BCUT2D eigenvalue weighted by molar-refractivity contribution is 5.87. The summed E-state index contributed by atoms with van der Waals surface area (Å²) in [5, 5.41) is 9.70. The van der Waals surface area contributed by atoms with Gasteiger partial charge in [-0.3, -0.25) is 14.4 Å². The number of carbonyl (C=O) groups is 3. The Morgan fingerprint density at radius 3 is 2.27 bits per heavy atom. The Morgan fingerprint density at radius 1 is 1.00 bits per heavy atom. The molecule has 10 nitrogen and oxygen atoms in total. The first-order chi connectivity index (χ1) is 21.1. The minimum absolute atomic E-state index is 0.0593. The van der Waals surface area contributed by atoms with Crippen LogP contribution in [-0.2, 0) is 33.3 Å². The Balaban J connectivity index is 0.998. The fourth-order valence-corrected chi connectivity index (χ4v) is 8.95. The zero-order chi connectivity index (χ0) is 31.2. The van der Waals surface area contributed by atoms with Crippen molar-refractivity contribution in [1.82, 2.24) is 16.0 Å². The van der Waals surface area contributed by atoms with Gasteiger partial charge in [-0.1, -0.05) is 11.6 Å². The Bertz CT molecular complexity index is 1120. The van der Waals surface area contributed by atoms with Gasteiger partial charge in [0.1, 0.15) is 11.6 Å². The highest BCUT2D eigenvalue weighted by atomic mass is 16.6. The molecule has 0 aromatic carbocycles. The van der Waals surface area contributed by atoms with Crippen molar-refractivity contribution in [2.45, 2.75) is 133 Å². The van der Waals surface area contributed by atoms with Gasteiger partial charge < -0.3 is 34.9 Å². The van der Waals surface area contributed by atoms with Gasteiger partial charge in [0.15, 0.2) is 0 Å². The molecule has 0 aromatic heterocycles. The summed E-state index contributed by atoms with van der Waals surface area (Å²) in [7, 11) is 1.75. The maximum Gasteiger partial charge on any atom is 0.323 e. The maximum atomic E-state index is 14.0. The smallest absolute Gasteiger partial charge is 0.323 e. The van der Waals surface area contributed by atoms with E-state index in [4.69, 9.17) is 18.9 Å². The molecule has 7 atom stereocenters. The lowest BCUT2D eigenvalue weighted by atomic mass is 9.53. The average Bonchev–Trinajstić information content (AvgIpc) is 3.86. The van der Waals surface area contributed by atoms with E-state index >= 15 is 0 Å². The molecule has 0 unspecified atom stereocenters. The third-order valence-corrected chi connectivity index (χ3v) is 12.0. The second kappa shape index (κ2) is 12.3. The number of ether oxygens (including phenoxy) is 4. The average molecular weight is 616 g/mol. The van der Waals surface area contributed by atoms with Crippen LogP contribution in [0.4, 0.5) is 0 Å². The number of rotatable bonds is 12. The van der Waals surface area contributed by atoms with Gasteiger partial charge in [-0.05, 0) is 104 Å². The van der Waals surface area contributed by atoms with E-state index in [1.807, 2.05) is 0 Å². The van der Waals surface area contributed by atoms with E-state index in [0.717, 1.165) is 83.8 Å². The molecule has 246 valence electrons. The van der Waals surface area contributed by atoms with Gasteiger partial charge >= 0.3 is 5.97 Å². The van der Waals surface area contributed by atoms with E-state index in [1.165, 1.54) is 5.57 Å². The van der Waals surface area contributed by atoms with Gasteiger partial charge in [0.05, 0.1) is 37.1 Å². The molecule has 3 aliphatic heterocycles. The van der Waals surface area contributed by atoms with Crippen molar-refractivity contribution in [3.8, 4) is 0 Å². The first kappa shape index (κ1) is 32.0. The Hall–Kier alpha value is -2.01. The van der Waals surface area contributed by atoms with Crippen LogP contribution < -0.4 is 16.0 Å². The number of esters is 1. The van der Waals surface area contributed by atoms with Crippen LogP contribution in [-0.4, -0.2) is 86.7 Å². The van der Waals surface area contributed by atoms with E-state index in [9.17, 15) is 14.4 Å². The van der Waals surface area contributed by atoms with Crippen molar-refractivity contribution in [3.05, 3.63) is 11.6 Å². The van der Waals surface area contributed by atoms with Crippen molar-refractivity contribution in [3.63, 3.8) is 0 Å². The Labute approximate surface area is 262 Å². The molecule has 0 aromatic rings. The van der Waals surface area contributed by atoms with Crippen LogP contribution in [0, 0.1) is 16.7 Å². The standard InChI is InChI=1S/C34H53N3O7/c1-22(2)8-9-25-31(3,44-25)27-26(41-4)23(10-11-34(27)21-43-34)37-30(40)33-15-12-32(13-16-33,14-17-33)29(39)36-19-6-20-42-28(38)24-7-5-18-35-24/h8,23-27,35H,5-7,9-21H2,1-4H3,(H,36,39)(H,37,40)/t23-,24+,25-,26-,27-,31+,32?,33?,34+/m1/s1. The number of nitrogens with one attached hydrogen (secondary N) is 3. The minimum Gasteiger partial charge on any atom is -0.464 e. The summed E-state index contributed by atoms with van der Waals surface area (Å²) >= 11 is 0. The van der Waals surface area contributed by atoms with Gasteiger partial charge in [-0.25, -0.2) is 0 Å². The van der Waals surface area contributed by atoms with Gasteiger partial charge in [0.25, 0.3) is 0 Å². The molecule has 7 aliphatic rings. The van der Waals surface area contributed by atoms with Crippen LogP contribution in [0.3, 0.4) is 0 Å². The molecule has 3 heterocycles. The van der Waals surface area contributed by atoms with Gasteiger partial charge in [-0.15, -0.1) is 0 Å². The van der Waals surface area contributed by atoms with Gasteiger partial charge in [0, 0.05) is 30.4 Å². The van der Waals surface area contributed by atoms with E-state index in [2.05, 4.69) is 42.8 Å². The lowest BCUT2D eigenvalue weighted by Gasteiger charge is -2.52. The van der Waals surface area contributed by atoms with Gasteiger partial charge in [-0.2, -0.15) is 0 Å². The van der Waals surface area contributed by atoms with Gasteiger partial charge in [0.2, 0.25) is 11.8 Å². The lowest BCUT2D eigenvalue weighted by Crippen LogP contribution is -2.62. The number of hydrogen-bond donors (Lipinski definition) is 3. The molecule has 2 bridgehead atoms. The fourth-order valence-electron chi connectivity index (χ4n) is 8.95. The van der Waals surface area contributed by atoms with Crippen molar-refractivity contribution in [1.29, 1.82) is 0 Å². The fraction of sp³-hybridized carbons (Fsp3) is 0.853. The highest BCUT2D eigenvalue weighted by Crippen LogP contribution is 2.60. The third-order valence-electron chi connectivity index (χ3n) is 12.0. The predicted octanol–water partition coefficient (Wildman–Crippen LogP) is 3.32. The molecule has 4 aliphatic carbocycles. The van der Waals surface area contributed by atoms with Crippen LogP contribution in [0.2, 0.25) is 0 Å². The van der Waals surface area contributed by atoms with Crippen LogP contribution in [0.5, 0.6) is 0 Å². The molecule has 4 saturated carbocycles. The third kappa shape index (κ3) is 5.96. The largest absolute Gasteiger partial charge is 0.464 e. The van der Waals surface area contributed by atoms with Crippen molar-refractivity contribution >= 4 is 17.8 Å². The van der Waals surface area contributed by atoms with Crippen molar-refractivity contribution in [2.75, 3.05) is 33.4 Å². The molecule has 10 heteroatoms. The number of hydrogen-bond acceptors (Lipinski definition) is 8. The molecule has 0 radical (unpaired) electrons. The Kier molecular flexibility index (Phi) is 8.93. The molecular weight excluding hydrogens is 562 g/mol. The molecular formula is C34H53N3O7. The lowest BCUT2D eigenvalue weighted by molar-refractivity contribution is -0.153. The molecule has 2 amide bonds. The van der Waals surface area contributed by atoms with E-state index < -0.39 is 10.8 Å². The van der Waals surface area contributed by atoms with Crippen molar-refractivity contribution in [2.24, 2.45) is 16.7 Å². The highest BCUT2D eigenvalue weighted by Gasteiger charge is 2.72. The first-order valence-corrected chi connectivity index (χ1v) is 17.0. The summed E-state index contributed by atoms with van der Waals surface area (Å²) in [4.78, 5) is 39.3. The molecule has 7 fully saturated rings. The van der Waals surface area contributed by atoms with Crippen LogP contribution in [0.15, 0.2) is 11.6 Å². The Morgan fingerprint density at radius 2 is 1.68 bits per heavy atom. The summed E-state index contributed by atoms with van der Waals surface area (Å²) in [6.45, 7) is 8.79. The predicted molar refractivity (Wildman–Crippen MR) is 164 cm³/mol. The zero-order valence-corrected chi connectivity index (χ0v) is 27.1. The number of carbonyl (C=O) groups excluding carboxylic acids is 3. The SMILES string of the molecule is CO[C@@H]1[C@H](NC(=O)C23CCC(C(=O)NCCCOC(=O)[C@@H]4CCCN4)(CC2)CC3)CC[C@]2(CO2)[C@H]1[C@@]1(C)O[C@@H]1CC=C(C)C. The minimum atomic E-state index is -0.421. The number of allylic oxidation sites excluding steroid dienone is 1. The first-order valence-electron chi connectivity index (χ1n) is 17.0.